The molecule has 1 aromatic carbocycles. The minimum absolute atomic E-state index is 0.573. The number of aromatic nitrogens is 3. The predicted octanol–water partition coefficient (Wildman–Crippen LogP) is 5.87. The summed E-state index contributed by atoms with van der Waals surface area (Å²) < 4.78 is 0. The molecule has 132 valence electrons. The van der Waals surface area contributed by atoms with Crippen molar-refractivity contribution in [3.8, 4) is 11.3 Å². The number of nitrogens with zero attached hydrogens (tertiary/aromatic N) is 3. The minimum Gasteiger partial charge on any atom is -0.370 e. The molecule has 2 heterocycles. The number of H-pyrrole nitrogens is 1. The van der Waals surface area contributed by atoms with Crippen molar-refractivity contribution in [2.45, 2.75) is 33.6 Å². The number of benzene rings is 1. The number of hydrogen-bond acceptors (Lipinski definition) is 3. The van der Waals surface area contributed by atoms with E-state index in [-0.39, 0.29) is 0 Å². The number of aryl methyl sites for hydroxylation is 1. The Kier molecular flexibility index (Phi) is 5.50. The average Bonchev–Trinajstić information content (AvgIpc) is 2.99. The maximum atomic E-state index is 6.38. The molecule has 25 heavy (non-hydrogen) atoms. The Morgan fingerprint density at radius 1 is 1.16 bits per heavy atom. The van der Waals surface area contributed by atoms with Gasteiger partial charge in [-0.2, -0.15) is 5.10 Å². The number of nitrogens with one attached hydrogen (secondary N) is 1. The molecule has 4 nitrogen and oxygen atoms in total. The SMILES string of the molecule is CCCCN(CC)c1cc(C)nc2c(-c3ccc(Cl)cc3Cl)n[nH]c12. The van der Waals surface area contributed by atoms with Crippen LogP contribution >= 0.6 is 23.2 Å². The number of anilines is 1. The average molecular weight is 377 g/mol. The Morgan fingerprint density at radius 3 is 2.64 bits per heavy atom. The van der Waals surface area contributed by atoms with Gasteiger partial charge < -0.3 is 4.90 Å². The van der Waals surface area contributed by atoms with E-state index in [2.05, 4.69) is 35.0 Å². The van der Waals surface area contributed by atoms with Crippen molar-refractivity contribution in [1.82, 2.24) is 15.2 Å². The molecule has 0 unspecified atom stereocenters. The quantitative estimate of drug-likeness (QED) is 0.585. The zero-order chi connectivity index (χ0) is 18.0. The summed E-state index contributed by atoms with van der Waals surface area (Å²) in [6.07, 6.45) is 2.32. The van der Waals surface area contributed by atoms with Crippen LogP contribution in [-0.2, 0) is 0 Å². The molecular weight excluding hydrogens is 355 g/mol. The molecule has 0 atom stereocenters. The fourth-order valence-electron chi connectivity index (χ4n) is 3.02. The van der Waals surface area contributed by atoms with Crippen molar-refractivity contribution in [3.63, 3.8) is 0 Å². The summed E-state index contributed by atoms with van der Waals surface area (Å²) in [5.74, 6) is 0. The fraction of sp³-hybridized carbons (Fsp3) is 0.368. The molecule has 0 aliphatic carbocycles. The number of rotatable bonds is 6. The number of fused-ring (bicyclic) bond motifs is 1. The fourth-order valence-corrected chi connectivity index (χ4v) is 3.52. The Morgan fingerprint density at radius 2 is 1.96 bits per heavy atom. The third-order valence-electron chi connectivity index (χ3n) is 4.32. The molecule has 3 aromatic rings. The number of halogens is 2. The largest absolute Gasteiger partial charge is 0.370 e. The molecule has 1 N–H and O–H groups in total. The van der Waals surface area contributed by atoms with E-state index in [1.54, 1.807) is 6.07 Å². The van der Waals surface area contributed by atoms with Crippen molar-refractivity contribution < 1.29 is 0 Å². The molecule has 0 amide bonds. The molecule has 6 heteroatoms. The Hall–Kier alpha value is -1.78. The van der Waals surface area contributed by atoms with Gasteiger partial charge in [-0.1, -0.05) is 36.5 Å². The van der Waals surface area contributed by atoms with Gasteiger partial charge in [0.1, 0.15) is 16.7 Å². The summed E-state index contributed by atoms with van der Waals surface area (Å²) in [6, 6.07) is 7.56. The van der Waals surface area contributed by atoms with E-state index in [0.29, 0.717) is 10.0 Å². The molecule has 0 saturated heterocycles. The monoisotopic (exact) mass is 376 g/mol. The van der Waals surface area contributed by atoms with Crippen molar-refractivity contribution >= 4 is 39.9 Å². The summed E-state index contributed by atoms with van der Waals surface area (Å²) in [4.78, 5) is 7.09. The second-order valence-electron chi connectivity index (χ2n) is 6.14. The van der Waals surface area contributed by atoms with Crippen LogP contribution in [0, 0.1) is 6.92 Å². The highest BCUT2D eigenvalue weighted by Gasteiger charge is 2.18. The standard InChI is InChI=1S/C19H22Cl2N4/c1-4-6-9-25(5-2)16-10-12(3)22-19-17(23-24-18(16)19)14-8-7-13(20)11-15(14)21/h7-8,10-11H,4-6,9H2,1-3H3,(H,23,24). The van der Waals surface area contributed by atoms with Crippen LogP contribution in [0.25, 0.3) is 22.3 Å². The molecule has 0 bridgehead atoms. The lowest BCUT2D eigenvalue weighted by molar-refractivity contribution is 0.733. The number of aromatic amines is 1. The van der Waals surface area contributed by atoms with Gasteiger partial charge >= 0.3 is 0 Å². The van der Waals surface area contributed by atoms with Crippen LogP contribution in [0.2, 0.25) is 10.0 Å². The smallest absolute Gasteiger partial charge is 0.120 e. The van der Waals surface area contributed by atoms with Gasteiger partial charge in [-0.3, -0.25) is 5.10 Å². The molecule has 3 rings (SSSR count). The van der Waals surface area contributed by atoms with Crippen LogP contribution in [0.5, 0.6) is 0 Å². The third-order valence-corrected chi connectivity index (χ3v) is 4.87. The summed E-state index contributed by atoms with van der Waals surface area (Å²) in [5.41, 5.74) is 5.48. The van der Waals surface area contributed by atoms with Crippen LogP contribution in [0.1, 0.15) is 32.4 Å². The Labute approximate surface area is 158 Å². The van der Waals surface area contributed by atoms with Crippen LogP contribution < -0.4 is 4.90 Å². The van der Waals surface area contributed by atoms with Crippen LogP contribution in [0.3, 0.4) is 0 Å². The van der Waals surface area contributed by atoms with Gasteiger partial charge in [0, 0.05) is 29.4 Å². The van der Waals surface area contributed by atoms with Crippen LogP contribution in [0.15, 0.2) is 24.3 Å². The lowest BCUT2D eigenvalue weighted by atomic mass is 10.1. The first-order chi connectivity index (χ1) is 12.0. The molecule has 0 fully saturated rings. The van der Waals surface area contributed by atoms with E-state index in [4.69, 9.17) is 28.2 Å². The zero-order valence-corrected chi connectivity index (χ0v) is 16.2. The van der Waals surface area contributed by atoms with E-state index in [1.165, 1.54) is 0 Å². The van der Waals surface area contributed by atoms with E-state index in [1.807, 2.05) is 19.1 Å². The van der Waals surface area contributed by atoms with Crippen LogP contribution in [0.4, 0.5) is 5.69 Å². The molecule has 0 aliphatic rings. The third kappa shape index (κ3) is 3.60. The molecule has 0 aliphatic heterocycles. The predicted molar refractivity (Wildman–Crippen MR) is 107 cm³/mol. The van der Waals surface area contributed by atoms with Gasteiger partial charge in [-0.05, 0) is 44.5 Å². The molecule has 0 spiro atoms. The lowest BCUT2D eigenvalue weighted by Gasteiger charge is -2.23. The van der Waals surface area contributed by atoms with Gasteiger partial charge in [-0.15, -0.1) is 0 Å². The summed E-state index contributed by atoms with van der Waals surface area (Å²) in [5, 5.41) is 8.86. The first kappa shape index (κ1) is 18.0. The van der Waals surface area contributed by atoms with E-state index < -0.39 is 0 Å². The van der Waals surface area contributed by atoms with E-state index in [0.717, 1.165) is 59.6 Å². The summed E-state index contributed by atoms with van der Waals surface area (Å²) >= 11 is 12.4. The van der Waals surface area contributed by atoms with Crippen molar-refractivity contribution in [3.05, 3.63) is 40.0 Å². The van der Waals surface area contributed by atoms with Gasteiger partial charge in [-0.25, -0.2) is 4.98 Å². The highest BCUT2D eigenvalue weighted by Crippen LogP contribution is 2.35. The number of hydrogen-bond donors (Lipinski definition) is 1. The summed E-state index contributed by atoms with van der Waals surface area (Å²) in [7, 11) is 0. The van der Waals surface area contributed by atoms with Crippen LogP contribution in [-0.4, -0.2) is 28.3 Å². The number of unbranched alkanes of at least 4 members (excludes halogenated alkanes) is 1. The van der Waals surface area contributed by atoms with Crippen molar-refractivity contribution in [2.75, 3.05) is 18.0 Å². The molecule has 2 aromatic heterocycles. The lowest BCUT2D eigenvalue weighted by Crippen LogP contribution is -2.24. The first-order valence-corrected chi connectivity index (χ1v) is 9.36. The number of pyridine rings is 1. The van der Waals surface area contributed by atoms with Gasteiger partial charge in [0.2, 0.25) is 0 Å². The molecule has 0 radical (unpaired) electrons. The minimum atomic E-state index is 0.573. The second kappa shape index (κ2) is 7.63. The Balaban J connectivity index is 2.15. The Bertz CT molecular complexity index is 889. The normalized spacial score (nSPS) is 11.2. The van der Waals surface area contributed by atoms with Gasteiger partial charge in [0.25, 0.3) is 0 Å². The first-order valence-electron chi connectivity index (χ1n) is 8.61. The van der Waals surface area contributed by atoms with Gasteiger partial charge in [0.05, 0.1) is 10.7 Å². The zero-order valence-electron chi connectivity index (χ0n) is 14.7. The van der Waals surface area contributed by atoms with E-state index >= 15 is 0 Å². The maximum Gasteiger partial charge on any atom is 0.120 e. The highest BCUT2D eigenvalue weighted by atomic mass is 35.5. The molecular formula is C19H22Cl2N4. The summed E-state index contributed by atoms with van der Waals surface area (Å²) in [6.45, 7) is 8.34. The maximum absolute atomic E-state index is 6.38. The topological polar surface area (TPSA) is 44.8 Å². The highest BCUT2D eigenvalue weighted by molar-refractivity contribution is 6.36. The van der Waals surface area contributed by atoms with E-state index in [9.17, 15) is 0 Å². The van der Waals surface area contributed by atoms with Crippen molar-refractivity contribution in [1.29, 1.82) is 0 Å². The van der Waals surface area contributed by atoms with Gasteiger partial charge in [0.15, 0.2) is 0 Å². The molecule has 0 saturated carbocycles. The van der Waals surface area contributed by atoms with Crippen molar-refractivity contribution in [2.24, 2.45) is 0 Å². The second-order valence-corrected chi connectivity index (χ2v) is 6.98.